The second-order valence-corrected chi connectivity index (χ2v) is 14.8. The summed E-state index contributed by atoms with van der Waals surface area (Å²) in [7, 11) is 0. The van der Waals surface area contributed by atoms with Gasteiger partial charge in [0.05, 0.1) is 12.8 Å². The maximum Gasteiger partial charge on any atom is 0.410 e. The van der Waals surface area contributed by atoms with Crippen molar-refractivity contribution in [3.63, 3.8) is 0 Å². The van der Waals surface area contributed by atoms with Crippen LogP contribution in [0.4, 0.5) is 4.79 Å². The maximum atomic E-state index is 13.7. The Morgan fingerprint density at radius 1 is 1.05 bits per heavy atom. The number of carbonyl (C=O) groups excluding carboxylic acids is 2. The van der Waals surface area contributed by atoms with Crippen molar-refractivity contribution in [1.29, 1.82) is 0 Å². The highest BCUT2D eigenvalue weighted by Gasteiger charge is 2.89. The number of fused-ring (bicyclic) bond motifs is 1. The van der Waals surface area contributed by atoms with E-state index < -0.39 is 5.60 Å². The minimum atomic E-state index is -0.483. The first kappa shape index (κ1) is 25.7. The summed E-state index contributed by atoms with van der Waals surface area (Å²) in [6.45, 7) is 8.43. The quantitative estimate of drug-likeness (QED) is 0.502. The fourth-order valence-electron chi connectivity index (χ4n) is 9.02. The van der Waals surface area contributed by atoms with Crippen molar-refractivity contribution in [3.05, 3.63) is 11.8 Å². The van der Waals surface area contributed by atoms with Crippen molar-refractivity contribution in [1.82, 2.24) is 20.0 Å². The van der Waals surface area contributed by atoms with Gasteiger partial charge < -0.3 is 19.7 Å². The number of hydrogen-bond acceptors (Lipinski definition) is 5. The lowest BCUT2D eigenvalue weighted by Crippen LogP contribution is -2.58. The third-order valence-electron chi connectivity index (χ3n) is 11.2. The van der Waals surface area contributed by atoms with Crippen LogP contribution in [0.1, 0.15) is 102 Å². The first-order chi connectivity index (χ1) is 18.7. The van der Waals surface area contributed by atoms with Crippen LogP contribution in [0.15, 0.2) is 6.20 Å². The molecule has 2 amide bonds. The molecule has 2 bridgehead atoms. The smallest absolute Gasteiger partial charge is 0.410 e. The predicted molar refractivity (Wildman–Crippen MR) is 146 cm³/mol. The van der Waals surface area contributed by atoms with Gasteiger partial charge in [-0.25, -0.2) is 9.48 Å². The molecule has 6 aliphatic rings. The van der Waals surface area contributed by atoms with E-state index in [2.05, 4.69) is 5.32 Å². The average molecular weight is 539 g/mol. The normalized spacial score (nSPS) is 35.4. The van der Waals surface area contributed by atoms with Crippen molar-refractivity contribution >= 4 is 12.0 Å². The van der Waals surface area contributed by atoms with E-state index in [9.17, 15) is 9.59 Å². The monoisotopic (exact) mass is 538 g/mol. The number of nitrogens with one attached hydrogen (secondary N) is 1. The molecule has 39 heavy (non-hydrogen) atoms. The number of rotatable bonds is 7. The summed E-state index contributed by atoms with van der Waals surface area (Å²) in [4.78, 5) is 28.0. The van der Waals surface area contributed by atoms with Gasteiger partial charge in [0.2, 0.25) is 5.88 Å². The van der Waals surface area contributed by atoms with E-state index in [1.807, 2.05) is 30.4 Å². The molecule has 1 N–H and O–H groups in total. The molecule has 5 atom stereocenters. The van der Waals surface area contributed by atoms with Gasteiger partial charge in [-0.3, -0.25) is 4.79 Å². The Morgan fingerprint density at radius 2 is 1.82 bits per heavy atom. The molecule has 2 heterocycles. The topological polar surface area (TPSA) is 85.7 Å². The zero-order chi connectivity index (χ0) is 27.0. The van der Waals surface area contributed by atoms with Gasteiger partial charge in [-0.2, -0.15) is 5.10 Å². The van der Waals surface area contributed by atoms with Crippen LogP contribution in [0.2, 0.25) is 0 Å². The lowest BCUT2D eigenvalue weighted by atomic mass is 9.59. The molecule has 1 aliphatic heterocycles. The number of piperidine rings is 1. The van der Waals surface area contributed by atoms with Crippen molar-refractivity contribution in [3.8, 4) is 5.88 Å². The van der Waals surface area contributed by atoms with E-state index >= 15 is 0 Å². The van der Waals surface area contributed by atoms with Gasteiger partial charge in [0.15, 0.2) is 0 Å². The van der Waals surface area contributed by atoms with Crippen molar-refractivity contribution in [2.24, 2.45) is 34.5 Å². The SMILES string of the molecule is CC(C)(C)OC(=O)N1CCC(Cn2ncc(C(=O)NC3C4CC5CC56CC36C4)c2OCC2CCCCC2)CC1. The molecule has 1 saturated heterocycles. The highest BCUT2D eigenvalue weighted by atomic mass is 16.6. The number of aromatic nitrogens is 2. The molecule has 0 aromatic carbocycles. The van der Waals surface area contributed by atoms with Gasteiger partial charge in [0.1, 0.15) is 11.2 Å². The van der Waals surface area contributed by atoms with Gasteiger partial charge in [0, 0.05) is 25.7 Å². The number of hydrogen-bond donors (Lipinski definition) is 1. The molecule has 0 radical (unpaired) electrons. The van der Waals surface area contributed by atoms with E-state index in [0.717, 1.165) is 18.8 Å². The van der Waals surface area contributed by atoms with Crippen LogP contribution in [0.25, 0.3) is 0 Å². The zero-order valence-corrected chi connectivity index (χ0v) is 24.0. The fourth-order valence-corrected chi connectivity index (χ4v) is 9.02. The molecule has 1 aromatic heterocycles. The summed E-state index contributed by atoms with van der Waals surface area (Å²) in [6.07, 6.45) is 14.9. The molecule has 6 fully saturated rings. The van der Waals surface area contributed by atoms with Crippen LogP contribution in [0.3, 0.4) is 0 Å². The zero-order valence-electron chi connectivity index (χ0n) is 24.0. The summed E-state index contributed by atoms with van der Waals surface area (Å²) >= 11 is 0. The van der Waals surface area contributed by atoms with Gasteiger partial charge in [-0.15, -0.1) is 0 Å². The molecule has 5 unspecified atom stereocenters. The van der Waals surface area contributed by atoms with Crippen molar-refractivity contribution in [2.75, 3.05) is 19.7 Å². The van der Waals surface area contributed by atoms with Crippen LogP contribution in [0.5, 0.6) is 5.88 Å². The molecule has 1 aromatic rings. The standard InChI is InChI=1S/C31H46N4O4/c1-29(2,3)39-28(37)34-11-9-20(10-12-34)17-35-27(38-18-21-7-5-4-6-8-21)24(16-32-35)26(36)33-25-22-13-23-15-30(23)19-31(25,30)14-22/h16,20-23,25H,4-15,17-19H2,1-3H3,(H,33,36). The lowest BCUT2D eigenvalue weighted by molar-refractivity contribution is 0.0175. The average Bonchev–Trinajstić information content (AvgIpc) is 3.76. The van der Waals surface area contributed by atoms with Crippen LogP contribution < -0.4 is 10.1 Å². The number of likely N-dealkylation sites (tertiary alicyclic amines) is 1. The summed E-state index contributed by atoms with van der Waals surface area (Å²) in [5.41, 5.74) is 1.12. The first-order valence-corrected chi connectivity index (χ1v) is 15.6. The molecule has 8 nitrogen and oxygen atoms in total. The highest BCUT2D eigenvalue weighted by molar-refractivity contribution is 5.96. The Kier molecular flexibility index (Phi) is 6.02. The number of carbonyl (C=O) groups is 2. The summed E-state index contributed by atoms with van der Waals surface area (Å²) in [5, 5.41) is 8.17. The lowest BCUT2D eigenvalue weighted by Gasteiger charge is -2.50. The molecule has 8 heteroatoms. The molecular weight excluding hydrogens is 492 g/mol. The largest absolute Gasteiger partial charge is 0.477 e. The van der Waals surface area contributed by atoms with E-state index in [0.29, 0.717) is 72.3 Å². The predicted octanol–water partition coefficient (Wildman–Crippen LogP) is 5.41. The minimum Gasteiger partial charge on any atom is -0.477 e. The van der Waals surface area contributed by atoms with Gasteiger partial charge in [-0.1, -0.05) is 19.3 Å². The highest BCUT2D eigenvalue weighted by Crippen LogP contribution is 2.93. The van der Waals surface area contributed by atoms with E-state index in [1.54, 1.807) is 6.20 Å². The summed E-state index contributed by atoms with van der Waals surface area (Å²) < 4.78 is 14.0. The maximum absolute atomic E-state index is 13.7. The molecule has 5 aliphatic carbocycles. The van der Waals surface area contributed by atoms with Crippen LogP contribution in [0, 0.1) is 34.5 Å². The number of nitrogens with zero attached hydrogens (tertiary/aromatic N) is 3. The van der Waals surface area contributed by atoms with E-state index in [-0.39, 0.29) is 12.0 Å². The van der Waals surface area contributed by atoms with Crippen molar-refractivity contribution in [2.45, 2.75) is 110 Å². The second-order valence-electron chi connectivity index (χ2n) is 14.8. The van der Waals surface area contributed by atoms with Crippen LogP contribution >= 0.6 is 0 Å². The van der Waals surface area contributed by atoms with E-state index in [1.165, 1.54) is 57.8 Å². The Bertz CT molecular complexity index is 1120. The summed E-state index contributed by atoms with van der Waals surface area (Å²) in [6, 6.07) is 0.343. The van der Waals surface area contributed by atoms with Crippen molar-refractivity contribution < 1.29 is 19.1 Å². The summed E-state index contributed by atoms with van der Waals surface area (Å²) in [5.74, 6) is 3.18. The minimum absolute atomic E-state index is 0.00476. The Labute approximate surface area is 232 Å². The van der Waals surface area contributed by atoms with Gasteiger partial charge >= 0.3 is 6.09 Å². The molecule has 5 saturated carbocycles. The molecule has 2 spiro atoms. The Morgan fingerprint density at radius 3 is 2.56 bits per heavy atom. The third-order valence-corrected chi connectivity index (χ3v) is 11.2. The Balaban J connectivity index is 1.02. The van der Waals surface area contributed by atoms with Crippen LogP contribution in [-0.2, 0) is 11.3 Å². The molecule has 7 rings (SSSR count). The number of amides is 2. The first-order valence-electron chi connectivity index (χ1n) is 15.6. The van der Waals surface area contributed by atoms with Crippen LogP contribution in [-0.4, -0.2) is 58.0 Å². The third kappa shape index (κ3) is 4.44. The second kappa shape index (κ2) is 9.13. The molecule has 214 valence electrons. The molecular formula is C31H46N4O4. The van der Waals surface area contributed by atoms with E-state index in [4.69, 9.17) is 14.6 Å². The van der Waals surface area contributed by atoms with Gasteiger partial charge in [-0.05, 0) is 107 Å². The fraction of sp³-hybridized carbons (Fsp3) is 0.839. The van der Waals surface area contributed by atoms with Gasteiger partial charge in [0.25, 0.3) is 5.91 Å². The number of ether oxygens (including phenoxy) is 2. The Hall–Kier alpha value is -2.25.